The van der Waals surface area contributed by atoms with Crippen LogP contribution < -0.4 is 5.32 Å². The van der Waals surface area contributed by atoms with Crippen LogP contribution in [0.3, 0.4) is 0 Å². The highest BCUT2D eigenvalue weighted by atomic mass is 16.5. The van der Waals surface area contributed by atoms with E-state index in [1.54, 1.807) is 0 Å². The molecule has 2 rings (SSSR count). The second-order valence-electron chi connectivity index (χ2n) is 6.01. The second kappa shape index (κ2) is 7.38. The Bertz CT molecular complexity index is 320. The molecule has 0 radical (unpaired) electrons. The van der Waals surface area contributed by atoms with Crippen LogP contribution in [0.25, 0.3) is 0 Å². The second-order valence-corrected chi connectivity index (χ2v) is 6.01. The first kappa shape index (κ1) is 15.7. The van der Waals surface area contributed by atoms with E-state index in [2.05, 4.69) is 24.1 Å². The molecule has 0 aromatic rings. The normalized spacial score (nSPS) is 29.1. The first-order valence-electron chi connectivity index (χ1n) is 7.83. The largest absolute Gasteiger partial charge is 0.468 e. The summed E-state index contributed by atoms with van der Waals surface area (Å²) in [7, 11) is 1.47. The molecule has 0 aromatic carbocycles. The highest BCUT2D eigenvalue weighted by Crippen LogP contribution is 2.21. The average molecular weight is 284 g/mol. The van der Waals surface area contributed by atoms with E-state index in [0.717, 1.165) is 32.5 Å². The number of esters is 1. The summed E-state index contributed by atoms with van der Waals surface area (Å²) < 4.78 is 10.6. The molecule has 1 saturated heterocycles. The molecule has 1 heterocycles. The summed E-state index contributed by atoms with van der Waals surface area (Å²) in [6.07, 6.45) is 4.54. The van der Waals surface area contributed by atoms with E-state index in [4.69, 9.17) is 9.47 Å². The van der Waals surface area contributed by atoms with Crippen LogP contribution in [-0.4, -0.2) is 61.9 Å². The third kappa shape index (κ3) is 4.43. The Morgan fingerprint density at radius 2 is 2.25 bits per heavy atom. The van der Waals surface area contributed by atoms with Gasteiger partial charge in [0.05, 0.1) is 19.8 Å². The molecule has 0 spiro atoms. The van der Waals surface area contributed by atoms with Crippen molar-refractivity contribution in [1.82, 2.24) is 10.2 Å². The van der Waals surface area contributed by atoms with Gasteiger partial charge in [0, 0.05) is 25.2 Å². The standard InChI is InChI=1S/C15H28N2O3/c1-4-13-10-20-11(2)9-17(13)8-7-14(15(18)19-3)16-12-5-6-12/h11-14,16H,4-10H2,1-3H3. The van der Waals surface area contributed by atoms with Crippen LogP contribution in [0, 0.1) is 0 Å². The third-order valence-electron chi connectivity index (χ3n) is 4.26. The van der Waals surface area contributed by atoms with Crippen molar-refractivity contribution in [3.63, 3.8) is 0 Å². The maximum Gasteiger partial charge on any atom is 0.322 e. The number of carbonyl (C=O) groups is 1. The number of rotatable bonds is 7. The Morgan fingerprint density at radius 1 is 1.50 bits per heavy atom. The molecule has 1 N–H and O–H groups in total. The van der Waals surface area contributed by atoms with Crippen molar-refractivity contribution < 1.29 is 14.3 Å². The van der Waals surface area contributed by atoms with Gasteiger partial charge in [0.25, 0.3) is 0 Å². The molecular formula is C15H28N2O3. The summed E-state index contributed by atoms with van der Waals surface area (Å²) in [4.78, 5) is 14.3. The van der Waals surface area contributed by atoms with Crippen LogP contribution in [0.4, 0.5) is 0 Å². The van der Waals surface area contributed by atoms with E-state index in [0.29, 0.717) is 12.1 Å². The van der Waals surface area contributed by atoms with E-state index in [-0.39, 0.29) is 18.1 Å². The fourth-order valence-electron chi connectivity index (χ4n) is 2.80. The molecule has 3 atom stereocenters. The lowest BCUT2D eigenvalue weighted by atomic mass is 10.1. The number of ether oxygens (including phenoxy) is 2. The van der Waals surface area contributed by atoms with Gasteiger partial charge in [0.2, 0.25) is 0 Å². The van der Waals surface area contributed by atoms with Crippen molar-refractivity contribution >= 4 is 5.97 Å². The molecule has 1 saturated carbocycles. The zero-order valence-electron chi connectivity index (χ0n) is 12.9. The molecule has 2 fully saturated rings. The fraction of sp³-hybridized carbons (Fsp3) is 0.933. The van der Waals surface area contributed by atoms with E-state index in [1.165, 1.54) is 20.0 Å². The van der Waals surface area contributed by atoms with Crippen molar-refractivity contribution in [1.29, 1.82) is 0 Å². The van der Waals surface area contributed by atoms with Crippen molar-refractivity contribution in [3.05, 3.63) is 0 Å². The molecule has 0 bridgehead atoms. The highest BCUT2D eigenvalue weighted by molar-refractivity contribution is 5.75. The van der Waals surface area contributed by atoms with E-state index >= 15 is 0 Å². The van der Waals surface area contributed by atoms with Gasteiger partial charge in [0.1, 0.15) is 6.04 Å². The van der Waals surface area contributed by atoms with Gasteiger partial charge < -0.3 is 14.8 Å². The Labute approximate surface area is 122 Å². The number of morpholine rings is 1. The lowest BCUT2D eigenvalue weighted by Crippen LogP contribution is -2.50. The summed E-state index contributed by atoms with van der Waals surface area (Å²) in [5.74, 6) is -0.133. The maximum atomic E-state index is 11.8. The minimum absolute atomic E-state index is 0.133. The Balaban J connectivity index is 1.84. The third-order valence-corrected chi connectivity index (χ3v) is 4.26. The molecule has 1 aliphatic carbocycles. The van der Waals surface area contributed by atoms with Crippen molar-refractivity contribution in [2.75, 3.05) is 26.8 Å². The van der Waals surface area contributed by atoms with E-state index in [9.17, 15) is 4.79 Å². The van der Waals surface area contributed by atoms with Crippen LogP contribution in [0.1, 0.15) is 39.5 Å². The maximum absolute atomic E-state index is 11.8. The number of carbonyl (C=O) groups excluding carboxylic acids is 1. The van der Waals surface area contributed by atoms with Crippen LogP contribution in [0.5, 0.6) is 0 Å². The monoisotopic (exact) mass is 284 g/mol. The molecule has 1 aliphatic heterocycles. The van der Waals surface area contributed by atoms with Gasteiger partial charge in [0.15, 0.2) is 0 Å². The summed E-state index contributed by atoms with van der Waals surface area (Å²) in [5, 5.41) is 3.39. The van der Waals surface area contributed by atoms with Gasteiger partial charge in [-0.3, -0.25) is 9.69 Å². The van der Waals surface area contributed by atoms with Gasteiger partial charge in [-0.2, -0.15) is 0 Å². The minimum atomic E-state index is -0.164. The van der Waals surface area contributed by atoms with Gasteiger partial charge in [-0.1, -0.05) is 6.92 Å². The first-order valence-corrected chi connectivity index (χ1v) is 7.83. The Hall–Kier alpha value is -0.650. The molecule has 3 unspecified atom stereocenters. The zero-order chi connectivity index (χ0) is 14.5. The summed E-state index contributed by atoms with van der Waals surface area (Å²) in [6, 6.07) is 0.832. The minimum Gasteiger partial charge on any atom is -0.468 e. The van der Waals surface area contributed by atoms with Gasteiger partial charge in [-0.15, -0.1) is 0 Å². The van der Waals surface area contributed by atoms with Gasteiger partial charge >= 0.3 is 5.97 Å². The Morgan fingerprint density at radius 3 is 2.85 bits per heavy atom. The molecule has 5 nitrogen and oxygen atoms in total. The molecule has 116 valence electrons. The van der Waals surface area contributed by atoms with Crippen LogP contribution >= 0.6 is 0 Å². The lowest BCUT2D eigenvalue weighted by Gasteiger charge is -2.38. The molecule has 20 heavy (non-hydrogen) atoms. The first-order chi connectivity index (χ1) is 9.63. The molecule has 0 amide bonds. The highest BCUT2D eigenvalue weighted by Gasteiger charge is 2.31. The van der Waals surface area contributed by atoms with Crippen molar-refractivity contribution in [2.24, 2.45) is 0 Å². The number of nitrogens with zero attached hydrogens (tertiary/aromatic N) is 1. The van der Waals surface area contributed by atoms with Gasteiger partial charge in [-0.05, 0) is 32.6 Å². The number of hydrogen-bond donors (Lipinski definition) is 1. The smallest absolute Gasteiger partial charge is 0.322 e. The van der Waals surface area contributed by atoms with Crippen molar-refractivity contribution in [3.8, 4) is 0 Å². The summed E-state index contributed by atoms with van der Waals surface area (Å²) in [5.41, 5.74) is 0. The predicted molar refractivity (Wildman–Crippen MR) is 77.6 cm³/mol. The number of nitrogens with one attached hydrogen (secondary N) is 1. The molecular weight excluding hydrogens is 256 g/mol. The van der Waals surface area contributed by atoms with E-state index in [1.807, 2.05) is 0 Å². The van der Waals surface area contributed by atoms with Gasteiger partial charge in [-0.25, -0.2) is 0 Å². The van der Waals surface area contributed by atoms with Crippen LogP contribution in [-0.2, 0) is 14.3 Å². The van der Waals surface area contributed by atoms with Crippen molar-refractivity contribution in [2.45, 2.75) is 63.8 Å². The summed E-state index contributed by atoms with van der Waals surface area (Å²) >= 11 is 0. The quantitative estimate of drug-likeness (QED) is 0.711. The van der Waals surface area contributed by atoms with Crippen LogP contribution in [0.2, 0.25) is 0 Å². The zero-order valence-corrected chi connectivity index (χ0v) is 12.9. The molecule has 2 aliphatic rings. The number of hydrogen-bond acceptors (Lipinski definition) is 5. The molecule has 0 aromatic heterocycles. The summed E-state index contributed by atoms with van der Waals surface area (Å²) in [6.45, 7) is 6.98. The lowest BCUT2D eigenvalue weighted by molar-refractivity contribution is -0.143. The number of methoxy groups -OCH3 is 1. The Kier molecular flexibility index (Phi) is 5.81. The fourth-order valence-corrected chi connectivity index (χ4v) is 2.80. The predicted octanol–water partition coefficient (Wildman–Crippen LogP) is 1.17. The average Bonchev–Trinajstić information content (AvgIpc) is 3.26. The topological polar surface area (TPSA) is 50.8 Å². The molecule has 5 heteroatoms. The van der Waals surface area contributed by atoms with E-state index < -0.39 is 0 Å². The van der Waals surface area contributed by atoms with Crippen LogP contribution in [0.15, 0.2) is 0 Å². The SMILES string of the molecule is CCC1COC(C)CN1CCC(NC1CC1)C(=O)OC.